The summed E-state index contributed by atoms with van der Waals surface area (Å²) in [6.45, 7) is 0. The van der Waals surface area contributed by atoms with Gasteiger partial charge >= 0.3 is 5.97 Å². The number of carbonyl (C=O) groups is 1. The van der Waals surface area contributed by atoms with Crippen LogP contribution in [0.5, 0.6) is 0 Å². The fourth-order valence-corrected chi connectivity index (χ4v) is 2.20. The number of ether oxygens (including phenoxy) is 1. The molecule has 1 aromatic heterocycles. The molecule has 1 rings (SSSR count). The predicted molar refractivity (Wildman–Crippen MR) is 59.4 cm³/mol. The van der Waals surface area contributed by atoms with Gasteiger partial charge in [-0.1, -0.05) is 5.16 Å². The normalized spacial score (nSPS) is 11.3. The highest BCUT2D eigenvalue weighted by molar-refractivity contribution is 7.13. The Hall–Kier alpha value is -1.07. The molecular weight excluding hydrogens is 238 g/mol. The van der Waals surface area contributed by atoms with E-state index in [1.165, 1.54) is 25.6 Å². The van der Waals surface area contributed by atoms with Gasteiger partial charge < -0.3 is 9.57 Å². The number of hydrogen-bond acceptors (Lipinski definition) is 5. The Labute approximate surface area is 96.4 Å². The zero-order valence-corrected chi connectivity index (χ0v) is 9.89. The van der Waals surface area contributed by atoms with E-state index < -0.39 is 5.97 Å². The third kappa shape index (κ3) is 2.70. The van der Waals surface area contributed by atoms with Crippen LogP contribution in [0, 0.1) is 0 Å². The molecule has 0 aliphatic heterocycles. The zero-order chi connectivity index (χ0) is 11.3. The number of hydrogen-bond donors (Lipinski definition) is 0. The lowest BCUT2D eigenvalue weighted by molar-refractivity contribution is -0.132. The summed E-state index contributed by atoms with van der Waals surface area (Å²) < 4.78 is 4.60. The van der Waals surface area contributed by atoms with E-state index in [9.17, 15) is 4.79 Å². The standard InChI is InChI=1S/C9H10ClNO3S/c1-13-9(12)7(11-14-2)8-6(5-10)3-4-15-8/h3-4H,5H2,1-2H3/b11-7+. The number of esters is 1. The summed E-state index contributed by atoms with van der Waals surface area (Å²) >= 11 is 7.09. The molecule has 1 aromatic rings. The predicted octanol–water partition coefficient (Wildman–Crippen LogP) is 2.01. The number of alkyl halides is 1. The molecule has 0 radical (unpaired) electrons. The van der Waals surface area contributed by atoms with Crippen LogP contribution >= 0.6 is 22.9 Å². The molecule has 0 aliphatic rings. The number of halogens is 1. The maximum absolute atomic E-state index is 11.4. The van der Waals surface area contributed by atoms with E-state index in [4.69, 9.17) is 11.6 Å². The van der Waals surface area contributed by atoms with Crippen LogP contribution in [0.15, 0.2) is 16.6 Å². The van der Waals surface area contributed by atoms with Gasteiger partial charge in [-0.3, -0.25) is 0 Å². The van der Waals surface area contributed by atoms with Gasteiger partial charge in [0.25, 0.3) is 0 Å². The van der Waals surface area contributed by atoms with Crippen LogP contribution in [0.4, 0.5) is 0 Å². The van der Waals surface area contributed by atoms with Crippen LogP contribution in [-0.2, 0) is 20.2 Å². The van der Waals surface area contributed by atoms with Crippen LogP contribution < -0.4 is 0 Å². The van der Waals surface area contributed by atoms with Crippen LogP contribution in [0.2, 0.25) is 0 Å². The summed E-state index contributed by atoms with van der Waals surface area (Å²) in [6, 6.07) is 1.83. The van der Waals surface area contributed by atoms with Crippen molar-refractivity contribution in [3.8, 4) is 0 Å². The monoisotopic (exact) mass is 247 g/mol. The average molecular weight is 248 g/mol. The van der Waals surface area contributed by atoms with Crippen molar-refractivity contribution in [3.63, 3.8) is 0 Å². The van der Waals surface area contributed by atoms with Crippen molar-refractivity contribution in [2.75, 3.05) is 14.2 Å². The first-order valence-electron chi connectivity index (χ1n) is 4.06. The molecular formula is C9H10ClNO3S. The van der Waals surface area contributed by atoms with Crippen molar-refractivity contribution in [3.05, 3.63) is 21.9 Å². The second-order valence-electron chi connectivity index (χ2n) is 2.52. The lowest BCUT2D eigenvalue weighted by Crippen LogP contribution is -2.17. The van der Waals surface area contributed by atoms with E-state index in [1.807, 2.05) is 11.4 Å². The van der Waals surface area contributed by atoms with Crippen LogP contribution in [0.3, 0.4) is 0 Å². The molecule has 1 heterocycles. The number of thiophene rings is 1. The molecule has 82 valence electrons. The van der Waals surface area contributed by atoms with Crippen molar-refractivity contribution < 1.29 is 14.4 Å². The molecule has 0 bridgehead atoms. The Bertz CT molecular complexity index is 375. The minimum atomic E-state index is -0.536. The second kappa shape index (κ2) is 5.72. The molecule has 0 atom stereocenters. The molecule has 0 spiro atoms. The number of carbonyl (C=O) groups excluding carboxylic acids is 1. The highest BCUT2D eigenvalue weighted by Crippen LogP contribution is 2.20. The molecule has 0 aliphatic carbocycles. The molecule has 0 unspecified atom stereocenters. The minimum absolute atomic E-state index is 0.144. The summed E-state index contributed by atoms with van der Waals surface area (Å²) in [7, 11) is 2.67. The van der Waals surface area contributed by atoms with Gasteiger partial charge in [-0.15, -0.1) is 22.9 Å². The lowest BCUT2D eigenvalue weighted by atomic mass is 10.2. The summed E-state index contributed by atoms with van der Waals surface area (Å²) in [5, 5.41) is 5.47. The molecule has 0 fully saturated rings. The maximum atomic E-state index is 11.4. The lowest BCUT2D eigenvalue weighted by Gasteiger charge is -2.02. The fraction of sp³-hybridized carbons (Fsp3) is 0.333. The highest BCUT2D eigenvalue weighted by Gasteiger charge is 2.20. The first-order valence-corrected chi connectivity index (χ1v) is 5.48. The van der Waals surface area contributed by atoms with Crippen LogP contribution in [-0.4, -0.2) is 25.9 Å². The SMILES string of the molecule is CO/N=C(/C(=O)OC)c1sccc1CCl. The van der Waals surface area contributed by atoms with E-state index in [0.717, 1.165) is 5.56 Å². The van der Waals surface area contributed by atoms with Gasteiger partial charge in [0.05, 0.1) is 12.0 Å². The number of rotatable bonds is 4. The Morgan fingerprint density at radius 3 is 2.87 bits per heavy atom. The van der Waals surface area contributed by atoms with E-state index in [-0.39, 0.29) is 5.71 Å². The van der Waals surface area contributed by atoms with Gasteiger partial charge in [0.2, 0.25) is 5.71 Å². The molecule has 0 saturated carbocycles. The Balaban J connectivity index is 3.10. The number of oxime groups is 1. The smallest absolute Gasteiger partial charge is 0.361 e. The van der Waals surface area contributed by atoms with E-state index in [1.54, 1.807) is 0 Å². The molecule has 4 nitrogen and oxygen atoms in total. The van der Waals surface area contributed by atoms with Gasteiger partial charge in [0.1, 0.15) is 7.11 Å². The summed E-state index contributed by atoms with van der Waals surface area (Å²) in [5.74, 6) is -0.218. The minimum Gasteiger partial charge on any atom is -0.464 e. The van der Waals surface area contributed by atoms with Gasteiger partial charge in [-0.25, -0.2) is 4.79 Å². The van der Waals surface area contributed by atoms with Crippen molar-refractivity contribution in [1.29, 1.82) is 0 Å². The zero-order valence-electron chi connectivity index (χ0n) is 8.32. The van der Waals surface area contributed by atoms with E-state index in [2.05, 4.69) is 14.7 Å². The summed E-state index contributed by atoms with van der Waals surface area (Å²) in [5.41, 5.74) is 0.980. The molecule has 0 N–H and O–H groups in total. The van der Waals surface area contributed by atoms with Crippen molar-refractivity contribution in [1.82, 2.24) is 0 Å². The molecule has 0 aromatic carbocycles. The quantitative estimate of drug-likeness (QED) is 0.354. The Morgan fingerprint density at radius 2 is 2.33 bits per heavy atom. The largest absolute Gasteiger partial charge is 0.464 e. The van der Waals surface area contributed by atoms with Crippen molar-refractivity contribution in [2.45, 2.75) is 5.88 Å². The van der Waals surface area contributed by atoms with Crippen molar-refractivity contribution in [2.24, 2.45) is 5.16 Å². The number of methoxy groups -OCH3 is 1. The highest BCUT2D eigenvalue weighted by atomic mass is 35.5. The maximum Gasteiger partial charge on any atom is 0.361 e. The third-order valence-electron chi connectivity index (χ3n) is 1.67. The topological polar surface area (TPSA) is 47.9 Å². The average Bonchev–Trinajstić information content (AvgIpc) is 2.72. The number of nitrogens with zero attached hydrogens (tertiary/aromatic N) is 1. The van der Waals surface area contributed by atoms with Gasteiger partial charge in [-0.05, 0) is 17.0 Å². The second-order valence-corrected chi connectivity index (χ2v) is 3.71. The van der Waals surface area contributed by atoms with Gasteiger partial charge in [0, 0.05) is 5.88 Å². The van der Waals surface area contributed by atoms with Gasteiger partial charge in [0.15, 0.2) is 0 Å². The molecule has 6 heteroatoms. The Kier molecular flexibility index (Phi) is 4.58. The van der Waals surface area contributed by atoms with E-state index in [0.29, 0.717) is 10.8 Å². The van der Waals surface area contributed by atoms with Crippen LogP contribution in [0.25, 0.3) is 0 Å². The summed E-state index contributed by atoms with van der Waals surface area (Å²) in [6.07, 6.45) is 0. The first-order chi connectivity index (χ1) is 7.24. The first kappa shape index (κ1) is 12.0. The third-order valence-corrected chi connectivity index (χ3v) is 2.92. The van der Waals surface area contributed by atoms with Crippen molar-refractivity contribution >= 4 is 34.6 Å². The Morgan fingerprint density at radius 1 is 1.60 bits per heavy atom. The summed E-state index contributed by atoms with van der Waals surface area (Å²) in [4.78, 5) is 16.7. The van der Waals surface area contributed by atoms with Gasteiger partial charge in [-0.2, -0.15) is 0 Å². The van der Waals surface area contributed by atoms with E-state index >= 15 is 0 Å². The molecule has 0 saturated heterocycles. The fourth-order valence-electron chi connectivity index (χ4n) is 1.01. The molecule has 0 amide bonds. The molecule has 15 heavy (non-hydrogen) atoms. The van der Waals surface area contributed by atoms with Crippen LogP contribution in [0.1, 0.15) is 10.4 Å².